The van der Waals surface area contributed by atoms with Crippen molar-refractivity contribution in [3.63, 3.8) is 0 Å². The number of nitrogens with zero attached hydrogens (tertiary/aromatic N) is 2. The molecule has 9 nitrogen and oxygen atoms in total. The molecule has 0 radical (unpaired) electrons. The van der Waals surface area contributed by atoms with E-state index in [0.29, 0.717) is 13.0 Å². The van der Waals surface area contributed by atoms with Gasteiger partial charge in [-0.15, -0.1) is 0 Å². The number of likely N-dealkylation sites (tertiary alicyclic amines) is 1. The van der Waals surface area contributed by atoms with Crippen molar-refractivity contribution in [2.24, 2.45) is 0 Å². The second kappa shape index (κ2) is 7.85. The fourth-order valence-electron chi connectivity index (χ4n) is 2.93. The van der Waals surface area contributed by atoms with Gasteiger partial charge in [-0.2, -0.15) is 0 Å². The molecule has 1 N–H and O–H groups in total. The second-order valence-electron chi connectivity index (χ2n) is 6.02. The van der Waals surface area contributed by atoms with E-state index in [1.54, 1.807) is 0 Å². The third kappa shape index (κ3) is 4.11. The lowest BCUT2D eigenvalue weighted by Crippen LogP contribution is -2.44. The first-order chi connectivity index (χ1) is 12.5. The van der Waals surface area contributed by atoms with Crippen LogP contribution in [0.4, 0.5) is 9.59 Å². The summed E-state index contributed by atoms with van der Waals surface area (Å²) < 4.78 is 9.73. The summed E-state index contributed by atoms with van der Waals surface area (Å²) in [5, 5.41) is 2.41. The van der Waals surface area contributed by atoms with Crippen LogP contribution < -0.4 is 5.32 Å². The number of nitrogens with one attached hydrogen (secondary N) is 1. The highest BCUT2D eigenvalue weighted by Gasteiger charge is 2.41. The molecule has 0 saturated carbocycles. The molecule has 2 heterocycles. The Bertz CT molecular complexity index is 692. The highest BCUT2D eigenvalue weighted by Crippen LogP contribution is 2.20. The number of imide groups is 1. The van der Waals surface area contributed by atoms with Crippen LogP contribution in [-0.4, -0.2) is 66.1 Å². The average molecular weight is 361 g/mol. The molecule has 2 saturated heterocycles. The molecule has 1 atom stereocenters. The van der Waals surface area contributed by atoms with E-state index in [1.165, 1.54) is 4.90 Å². The fraction of sp³-hybridized carbons (Fsp3) is 0.412. The number of hydrogen-bond acceptors (Lipinski definition) is 6. The van der Waals surface area contributed by atoms with Gasteiger partial charge >= 0.3 is 12.2 Å². The lowest BCUT2D eigenvalue weighted by molar-refractivity contribution is -0.131. The van der Waals surface area contributed by atoms with E-state index in [4.69, 9.17) is 4.74 Å². The average Bonchev–Trinajstić information content (AvgIpc) is 3.25. The van der Waals surface area contributed by atoms with Crippen molar-refractivity contribution in [1.82, 2.24) is 15.1 Å². The number of cyclic esters (lactones) is 1. The first kappa shape index (κ1) is 17.7. The van der Waals surface area contributed by atoms with Crippen LogP contribution in [0.25, 0.3) is 0 Å². The summed E-state index contributed by atoms with van der Waals surface area (Å²) in [5.41, 5.74) is 0.846. The van der Waals surface area contributed by atoms with Crippen LogP contribution in [0.2, 0.25) is 0 Å². The summed E-state index contributed by atoms with van der Waals surface area (Å²) in [6.45, 7) is 0.296. The first-order valence-corrected chi connectivity index (χ1v) is 8.25. The second-order valence-corrected chi connectivity index (χ2v) is 6.02. The molecule has 9 heteroatoms. The summed E-state index contributed by atoms with van der Waals surface area (Å²) >= 11 is 0. The number of ether oxygens (including phenoxy) is 2. The van der Waals surface area contributed by atoms with Crippen molar-refractivity contribution in [3.8, 4) is 0 Å². The molecule has 3 rings (SSSR count). The molecule has 4 amide bonds. The predicted octanol–water partition coefficient (Wildman–Crippen LogP) is 0.492. The summed E-state index contributed by atoms with van der Waals surface area (Å²) in [5.74, 6) is -0.693. The zero-order valence-electron chi connectivity index (χ0n) is 14.1. The van der Waals surface area contributed by atoms with Crippen molar-refractivity contribution in [2.45, 2.75) is 19.1 Å². The molecule has 138 valence electrons. The van der Waals surface area contributed by atoms with E-state index in [0.717, 1.165) is 10.5 Å². The number of benzene rings is 1. The molecular weight excluding hydrogens is 342 g/mol. The van der Waals surface area contributed by atoms with E-state index in [1.807, 2.05) is 30.3 Å². The van der Waals surface area contributed by atoms with Gasteiger partial charge in [0.1, 0.15) is 13.2 Å². The lowest BCUT2D eigenvalue weighted by atomic mass is 10.2. The van der Waals surface area contributed by atoms with Crippen LogP contribution in [0.3, 0.4) is 0 Å². The molecule has 2 aliphatic heterocycles. The maximum absolute atomic E-state index is 12.2. The van der Waals surface area contributed by atoms with Gasteiger partial charge in [0.25, 0.3) is 5.91 Å². The lowest BCUT2D eigenvalue weighted by Gasteiger charge is -2.20. The topological polar surface area (TPSA) is 105 Å². The molecule has 1 aromatic carbocycles. The number of alkyl carbamates (subject to hydrolysis) is 1. The van der Waals surface area contributed by atoms with Gasteiger partial charge in [-0.1, -0.05) is 30.3 Å². The summed E-state index contributed by atoms with van der Waals surface area (Å²) in [6, 6.07) is 8.81. The maximum atomic E-state index is 12.2. The normalized spacial score (nSPS) is 19.5. The summed E-state index contributed by atoms with van der Waals surface area (Å²) in [4.78, 5) is 49.6. The van der Waals surface area contributed by atoms with E-state index >= 15 is 0 Å². The van der Waals surface area contributed by atoms with E-state index in [-0.39, 0.29) is 38.3 Å². The number of carbonyl (C=O) groups excluding carboxylic acids is 4. The van der Waals surface area contributed by atoms with E-state index in [2.05, 4.69) is 10.1 Å². The standard InChI is InChI=1S/C17H19N3O6/c21-14(8-18-16(23)25-10-12-4-2-1-3-5-12)19-7-6-13(9-19)20-15(22)11-26-17(20)24/h1-5,13H,6-11H2,(H,18,23). The summed E-state index contributed by atoms with van der Waals surface area (Å²) in [7, 11) is 0. The number of carbonyl (C=O) groups is 4. The quantitative estimate of drug-likeness (QED) is 0.818. The van der Waals surface area contributed by atoms with Crippen LogP contribution >= 0.6 is 0 Å². The van der Waals surface area contributed by atoms with Crippen LogP contribution in [0, 0.1) is 0 Å². The number of hydrogen-bond donors (Lipinski definition) is 1. The Morgan fingerprint density at radius 1 is 1.23 bits per heavy atom. The summed E-state index contributed by atoms with van der Waals surface area (Å²) in [6.07, 6.45) is -0.862. The highest BCUT2D eigenvalue weighted by molar-refractivity contribution is 5.98. The van der Waals surface area contributed by atoms with Crippen LogP contribution in [0.15, 0.2) is 30.3 Å². The van der Waals surface area contributed by atoms with Gasteiger partial charge in [0.05, 0.1) is 6.04 Å². The van der Waals surface area contributed by atoms with Crippen molar-refractivity contribution in [1.29, 1.82) is 0 Å². The fourth-order valence-corrected chi connectivity index (χ4v) is 2.93. The molecule has 1 unspecified atom stereocenters. The minimum atomic E-state index is -0.684. The van der Waals surface area contributed by atoms with Crippen molar-refractivity contribution < 1.29 is 28.7 Å². The van der Waals surface area contributed by atoms with Crippen molar-refractivity contribution in [3.05, 3.63) is 35.9 Å². The zero-order chi connectivity index (χ0) is 18.5. The Morgan fingerprint density at radius 2 is 2.00 bits per heavy atom. The Kier molecular flexibility index (Phi) is 5.35. The molecule has 26 heavy (non-hydrogen) atoms. The molecule has 1 aromatic rings. The minimum Gasteiger partial charge on any atom is -0.445 e. The molecule has 2 fully saturated rings. The van der Waals surface area contributed by atoms with Crippen molar-refractivity contribution in [2.75, 3.05) is 26.2 Å². The van der Waals surface area contributed by atoms with Gasteiger partial charge in [0.2, 0.25) is 5.91 Å². The third-order valence-corrected chi connectivity index (χ3v) is 4.26. The minimum absolute atomic E-state index is 0.117. The van der Waals surface area contributed by atoms with E-state index < -0.39 is 18.1 Å². The molecule has 0 aliphatic carbocycles. The molecule has 2 aliphatic rings. The number of amides is 4. The molecule has 0 bridgehead atoms. The smallest absolute Gasteiger partial charge is 0.417 e. The predicted molar refractivity (Wildman–Crippen MR) is 87.8 cm³/mol. The Balaban J connectivity index is 1.40. The molecule has 0 spiro atoms. The van der Waals surface area contributed by atoms with Crippen LogP contribution in [0.5, 0.6) is 0 Å². The highest BCUT2D eigenvalue weighted by atomic mass is 16.6. The molecular formula is C17H19N3O6. The first-order valence-electron chi connectivity index (χ1n) is 8.25. The zero-order valence-corrected chi connectivity index (χ0v) is 14.1. The number of rotatable bonds is 5. The Hall–Kier alpha value is -3.10. The van der Waals surface area contributed by atoms with Gasteiger partial charge in [0.15, 0.2) is 6.61 Å². The van der Waals surface area contributed by atoms with Crippen molar-refractivity contribution >= 4 is 24.0 Å². The maximum Gasteiger partial charge on any atom is 0.417 e. The largest absolute Gasteiger partial charge is 0.445 e. The van der Waals surface area contributed by atoms with Gasteiger partial charge in [0, 0.05) is 13.1 Å². The van der Waals surface area contributed by atoms with Gasteiger partial charge in [-0.3, -0.25) is 9.59 Å². The van der Waals surface area contributed by atoms with E-state index in [9.17, 15) is 19.2 Å². The van der Waals surface area contributed by atoms with Gasteiger partial charge < -0.3 is 19.7 Å². The monoisotopic (exact) mass is 361 g/mol. The Labute approximate surface area is 149 Å². The third-order valence-electron chi connectivity index (χ3n) is 4.26. The Morgan fingerprint density at radius 3 is 2.69 bits per heavy atom. The van der Waals surface area contributed by atoms with Gasteiger partial charge in [-0.25, -0.2) is 14.5 Å². The molecule has 0 aromatic heterocycles. The SMILES string of the molecule is O=C(NCC(=O)N1CCC(N2C(=O)COC2=O)C1)OCc1ccccc1. The van der Waals surface area contributed by atoms with Crippen LogP contribution in [-0.2, 0) is 25.7 Å². The van der Waals surface area contributed by atoms with Gasteiger partial charge in [-0.05, 0) is 12.0 Å². The van der Waals surface area contributed by atoms with Crippen LogP contribution in [0.1, 0.15) is 12.0 Å².